The third-order valence-corrected chi connectivity index (χ3v) is 3.59. The number of hydrogen-bond donors (Lipinski definition) is 2. The molecular formula is C15H18N2O3. The number of nitrogens with one attached hydrogen (secondary N) is 1. The van der Waals surface area contributed by atoms with Crippen molar-refractivity contribution in [3.63, 3.8) is 0 Å². The van der Waals surface area contributed by atoms with Crippen molar-refractivity contribution in [1.82, 2.24) is 10.2 Å². The number of aromatic nitrogens is 2. The van der Waals surface area contributed by atoms with E-state index in [0.29, 0.717) is 0 Å². The lowest BCUT2D eigenvalue weighted by Gasteiger charge is -2.24. The zero-order valence-corrected chi connectivity index (χ0v) is 12.0. The first-order valence-corrected chi connectivity index (χ1v) is 6.30. The molecule has 2 N–H and O–H groups in total. The molecule has 0 amide bonds. The van der Waals surface area contributed by atoms with Crippen LogP contribution >= 0.6 is 0 Å². The number of carboxylic acids is 1. The fraction of sp³-hybridized carbons (Fsp3) is 0.333. The van der Waals surface area contributed by atoms with Gasteiger partial charge in [-0.25, -0.2) is 4.79 Å². The zero-order chi connectivity index (χ0) is 14.9. The number of carboxylic acid groups (broad SMARTS) is 1. The highest BCUT2D eigenvalue weighted by atomic mass is 16.5. The number of aromatic amines is 1. The Morgan fingerprint density at radius 1 is 1.35 bits per heavy atom. The summed E-state index contributed by atoms with van der Waals surface area (Å²) in [6.07, 6.45) is 0. The second-order valence-electron chi connectivity index (χ2n) is 5.28. The third-order valence-electron chi connectivity index (χ3n) is 3.59. The molecule has 1 heterocycles. The summed E-state index contributed by atoms with van der Waals surface area (Å²) in [5.74, 6) is -0.199. The molecule has 0 radical (unpaired) electrons. The van der Waals surface area contributed by atoms with Gasteiger partial charge in [-0.2, -0.15) is 5.10 Å². The van der Waals surface area contributed by atoms with Crippen LogP contribution < -0.4 is 4.74 Å². The van der Waals surface area contributed by atoms with Crippen LogP contribution in [-0.2, 0) is 5.41 Å². The van der Waals surface area contributed by atoms with Gasteiger partial charge in [-0.15, -0.1) is 0 Å². The number of ether oxygens (including phenoxy) is 1. The van der Waals surface area contributed by atoms with Gasteiger partial charge in [0.2, 0.25) is 0 Å². The molecule has 0 saturated heterocycles. The number of hydrogen-bond acceptors (Lipinski definition) is 3. The van der Waals surface area contributed by atoms with Crippen LogP contribution in [-0.4, -0.2) is 28.4 Å². The summed E-state index contributed by atoms with van der Waals surface area (Å²) in [5, 5.41) is 15.6. The molecule has 0 bridgehead atoms. The van der Waals surface area contributed by atoms with Gasteiger partial charge >= 0.3 is 5.97 Å². The lowest BCUT2D eigenvalue weighted by Crippen LogP contribution is -2.19. The van der Waals surface area contributed by atoms with Crippen LogP contribution in [0.5, 0.6) is 5.75 Å². The van der Waals surface area contributed by atoms with Crippen molar-refractivity contribution in [2.45, 2.75) is 26.2 Å². The van der Waals surface area contributed by atoms with Gasteiger partial charge in [-0.05, 0) is 30.2 Å². The van der Waals surface area contributed by atoms with Crippen molar-refractivity contribution in [2.75, 3.05) is 7.11 Å². The van der Waals surface area contributed by atoms with E-state index in [1.165, 1.54) is 0 Å². The van der Waals surface area contributed by atoms with Crippen molar-refractivity contribution in [2.24, 2.45) is 0 Å². The molecule has 5 heteroatoms. The maximum absolute atomic E-state index is 10.9. The molecule has 0 atom stereocenters. The summed E-state index contributed by atoms with van der Waals surface area (Å²) in [5.41, 5.74) is 2.53. The van der Waals surface area contributed by atoms with Crippen LogP contribution in [0.4, 0.5) is 0 Å². The van der Waals surface area contributed by atoms with E-state index in [9.17, 15) is 4.79 Å². The van der Waals surface area contributed by atoms with Crippen LogP contribution in [0, 0.1) is 6.92 Å². The van der Waals surface area contributed by atoms with Gasteiger partial charge in [0.05, 0.1) is 7.11 Å². The second-order valence-corrected chi connectivity index (χ2v) is 5.28. The molecule has 5 nitrogen and oxygen atoms in total. The summed E-state index contributed by atoms with van der Waals surface area (Å²) in [4.78, 5) is 10.9. The number of H-pyrrole nitrogens is 1. The minimum Gasteiger partial charge on any atom is -0.496 e. The van der Waals surface area contributed by atoms with Crippen molar-refractivity contribution in [3.8, 4) is 5.75 Å². The van der Waals surface area contributed by atoms with E-state index in [0.717, 1.165) is 22.6 Å². The fourth-order valence-electron chi connectivity index (χ4n) is 2.17. The van der Waals surface area contributed by atoms with Crippen LogP contribution in [0.2, 0.25) is 0 Å². The predicted octanol–water partition coefficient (Wildman–Crippen LogP) is 2.75. The van der Waals surface area contributed by atoms with E-state index < -0.39 is 5.97 Å². The first-order valence-electron chi connectivity index (χ1n) is 6.30. The minimum atomic E-state index is -1.03. The molecule has 1 aromatic carbocycles. The van der Waals surface area contributed by atoms with Gasteiger partial charge in [0.15, 0.2) is 5.69 Å². The van der Waals surface area contributed by atoms with Gasteiger partial charge < -0.3 is 9.84 Å². The number of aryl methyl sites for hydroxylation is 1. The smallest absolute Gasteiger partial charge is 0.356 e. The molecule has 1 aromatic heterocycles. The maximum atomic E-state index is 10.9. The highest BCUT2D eigenvalue weighted by Gasteiger charge is 2.27. The quantitative estimate of drug-likeness (QED) is 0.899. The molecule has 0 aliphatic carbocycles. The van der Waals surface area contributed by atoms with Gasteiger partial charge in [-0.3, -0.25) is 5.10 Å². The fourth-order valence-corrected chi connectivity index (χ4v) is 2.17. The Hall–Kier alpha value is -2.30. The van der Waals surface area contributed by atoms with Crippen LogP contribution in [0.25, 0.3) is 0 Å². The van der Waals surface area contributed by atoms with Crippen molar-refractivity contribution in [3.05, 3.63) is 46.8 Å². The van der Waals surface area contributed by atoms with E-state index in [2.05, 4.69) is 10.2 Å². The van der Waals surface area contributed by atoms with Gasteiger partial charge in [0.25, 0.3) is 0 Å². The molecule has 0 fully saturated rings. The van der Waals surface area contributed by atoms with Crippen LogP contribution in [0.1, 0.15) is 41.2 Å². The SMILES string of the molecule is COc1ccc(C(C)(C)c2cc(C(=O)O)n[nH]2)cc1C. The largest absolute Gasteiger partial charge is 0.496 e. The monoisotopic (exact) mass is 274 g/mol. The van der Waals surface area contributed by atoms with E-state index >= 15 is 0 Å². The number of methoxy groups -OCH3 is 1. The summed E-state index contributed by atoms with van der Waals surface area (Å²) >= 11 is 0. The van der Waals surface area contributed by atoms with Gasteiger partial charge in [0.1, 0.15) is 5.75 Å². The standard InChI is InChI=1S/C15H18N2O3/c1-9-7-10(5-6-12(9)20-4)15(2,3)13-8-11(14(18)19)16-17-13/h5-8H,1-4H3,(H,16,17)(H,18,19). The first-order chi connectivity index (χ1) is 9.36. The number of benzene rings is 1. The highest BCUT2D eigenvalue weighted by Crippen LogP contribution is 2.33. The summed E-state index contributed by atoms with van der Waals surface area (Å²) < 4.78 is 5.26. The number of carbonyl (C=O) groups is 1. The van der Waals surface area contributed by atoms with E-state index in [-0.39, 0.29) is 11.1 Å². The van der Waals surface area contributed by atoms with Crippen molar-refractivity contribution >= 4 is 5.97 Å². The van der Waals surface area contributed by atoms with Crippen molar-refractivity contribution in [1.29, 1.82) is 0 Å². The van der Waals surface area contributed by atoms with Crippen LogP contribution in [0.3, 0.4) is 0 Å². The lowest BCUT2D eigenvalue weighted by atomic mass is 9.81. The maximum Gasteiger partial charge on any atom is 0.356 e. The molecule has 2 rings (SSSR count). The molecule has 0 aliphatic heterocycles. The molecule has 0 unspecified atom stereocenters. The summed E-state index contributed by atoms with van der Waals surface area (Å²) in [6.45, 7) is 6.02. The van der Waals surface area contributed by atoms with E-state index in [4.69, 9.17) is 9.84 Å². The zero-order valence-electron chi connectivity index (χ0n) is 12.0. The summed E-state index contributed by atoms with van der Waals surface area (Å²) in [7, 11) is 1.64. The number of rotatable bonds is 4. The molecule has 0 aliphatic rings. The molecule has 106 valence electrons. The molecule has 2 aromatic rings. The number of nitrogens with zero attached hydrogens (tertiary/aromatic N) is 1. The topological polar surface area (TPSA) is 75.2 Å². The molecular weight excluding hydrogens is 256 g/mol. The Kier molecular flexibility index (Phi) is 3.53. The average molecular weight is 274 g/mol. The first kappa shape index (κ1) is 14.1. The Labute approximate surface area is 117 Å². The summed E-state index contributed by atoms with van der Waals surface area (Å²) in [6, 6.07) is 7.51. The van der Waals surface area contributed by atoms with Gasteiger partial charge in [0, 0.05) is 11.1 Å². The molecule has 0 spiro atoms. The lowest BCUT2D eigenvalue weighted by molar-refractivity contribution is 0.0690. The minimum absolute atomic E-state index is 0.0262. The molecule has 0 saturated carbocycles. The van der Waals surface area contributed by atoms with Crippen LogP contribution in [0.15, 0.2) is 24.3 Å². The normalized spacial score (nSPS) is 11.4. The number of aromatic carboxylic acids is 1. The van der Waals surface area contributed by atoms with E-state index in [1.807, 2.05) is 39.0 Å². The van der Waals surface area contributed by atoms with Crippen molar-refractivity contribution < 1.29 is 14.6 Å². The predicted molar refractivity (Wildman–Crippen MR) is 75.4 cm³/mol. The Morgan fingerprint density at radius 2 is 2.05 bits per heavy atom. The third kappa shape index (κ3) is 2.39. The Balaban J connectivity index is 2.42. The van der Waals surface area contributed by atoms with Gasteiger partial charge in [-0.1, -0.05) is 26.0 Å². The van der Waals surface area contributed by atoms with E-state index in [1.54, 1.807) is 13.2 Å². The second kappa shape index (κ2) is 5.00. The molecule has 20 heavy (non-hydrogen) atoms. The highest BCUT2D eigenvalue weighted by molar-refractivity contribution is 5.85. The Bertz CT molecular complexity index is 644. The average Bonchev–Trinajstić information content (AvgIpc) is 2.89. The Morgan fingerprint density at radius 3 is 2.55 bits per heavy atom.